The molecule has 2 aliphatic rings. The summed E-state index contributed by atoms with van der Waals surface area (Å²) in [5, 5.41) is 2.03. The summed E-state index contributed by atoms with van der Waals surface area (Å²) >= 11 is 11.7. The first-order chi connectivity index (χ1) is 20.9. The van der Waals surface area contributed by atoms with E-state index in [1.165, 1.54) is 30.3 Å². The lowest BCUT2D eigenvalue weighted by Gasteiger charge is -2.31. The molecule has 3 aromatic carbocycles. The molecular formula is C29H18BrClF3N3O5S2. The van der Waals surface area contributed by atoms with E-state index in [4.69, 9.17) is 16.3 Å². The van der Waals surface area contributed by atoms with Gasteiger partial charge in [-0.15, -0.1) is 0 Å². The molecule has 44 heavy (non-hydrogen) atoms. The number of thiazole rings is 1. The van der Waals surface area contributed by atoms with Gasteiger partial charge in [0.25, 0.3) is 5.91 Å². The maximum Gasteiger partial charge on any atom is 0.418 e. The fourth-order valence-corrected chi connectivity index (χ4v) is 8.21. The number of para-hydroxylation sites is 1. The van der Waals surface area contributed by atoms with Gasteiger partial charge in [0.1, 0.15) is 11.0 Å². The standard InChI is InChI=1S/C29H18BrClF3N3O5S2/c30-13-5-8-15(9-6-13)37-26(39)22-21(23-25(36-28(41)44-23)43-24(22)27(37)40)16-11-14(31)7-10-19(16)42-12-20(38)35-18-4-2-1-3-17(18)29(32,33)34/h1-11,21-22,24H,12H2,(H,35,38)(H,36,41). The lowest BCUT2D eigenvalue weighted by Crippen LogP contribution is -2.32. The Balaban J connectivity index is 1.34. The number of halogens is 5. The molecule has 3 amide bonds. The van der Waals surface area contributed by atoms with Crippen molar-refractivity contribution in [3.8, 4) is 5.75 Å². The van der Waals surface area contributed by atoms with Gasteiger partial charge in [0.15, 0.2) is 6.61 Å². The van der Waals surface area contributed by atoms with Gasteiger partial charge in [-0.25, -0.2) is 4.90 Å². The molecule has 4 aromatic rings. The molecule has 6 rings (SSSR count). The van der Waals surface area contributed by atoms with Gasteiger partial charge < -0.3 is 15.0 Å². The van der Waals surface area contributed by atoms with Crippen LogP contribution in [0, 0.1) is 5.92 Å². The molecule has 0 aliphatic carbocycles. The van der Waals surface area contributed by atoms with Crippen molar-refractivity contribution in [3.63, 3.8) is 0 Å². The quantitative estimate of drug-likeness (QED) is 0.215. The highest BCUT2D eigenvalue weighted by Crippen LogP contribution is 2.54. The largest absolute Gasteiger partial charge is 0.483 e. The summed E-state index contributed by atoms with van der Waals surface area (Å²) < 4.78 is 46.8. The summed E-state index contributed by atoms with van der Waals surface area (Å²) in [5.41, 5.74) is -0.721. The number of hydrogen-bond donors (Lipinski definition) is 2. The number of fused-ring (bicyclic) bond motifs is 2. The number of amides is 3. The van der Waals surface area contributed by atoms with Crippen LogP contribution in [0.25, 0.3) is 0 Å². The van der Waals surface area contributed by atoms with Crippen LogP contribution < -0.4 is 19.8 Å². The summed E-state index contributed by atoms with van der Waals surface area (Å²) in [4.78, 5) is 56.8. The van der Waals surface area contributed by atoms with Gasteiger partial charge in [0.05, 0.1) is 27.9 Å². The number of ether oxygens (including phenoxy) is 1. The number of H-pyrrole nitrogens is 1. The number of nitrogens with zero attached hydrogens (tertiary/aromatic N) is 1. The molecule has 15 heteroatoms. The lowest BCUT2D eigenvalue weighted by molar-refractivity contribution is -0.137. The first-order valence-corrected chi connectivity index (χ1v) is 15.7. The highest BCUT2D eigenvalue weighted by Gasteiger charge is 2.57. The third kappa shape index (κ3) is 5.67. The van der Waals surface area contributed by atoms with Crippen LogP contribution in [0.2, 0.25) is 5.02 Å². The molecule has 2 aliphatic heterocycles. The predicted octanol–water partition coefficient (Wildman–Crippen LogP) is 6.68. The van der Waals surface area contributed by atoms with Crippen LogP contribution in [0.15, 0.2) is 81.0 Å². The normalized spacial score (nSPS) is 19.5. The number of thioether (sulfide) groups is 1. The summed E-state index contributed by atoms with van der Waals surface area (Å²) in [6.07, 6.45) is -4.69. The van der Waals surface area contributed by atoms with E-state index in [0.717, 1.165) is 44.6 Å². The Hall–Kier alpha value is -3.59. The zero-order valence-corrected chi connectivity index (χ0v) is 26.0. The minimum atomic E-state index is -4.69. The lowest BCUT2D eigenvalue weighted by atomic mass is 9.82. The minimum absolute atomic E-state index is 0.110. The molecule has 0 radical (unpaired) electrons. The Morgan fingerprint density at radius 1 is 1.05 bits per heavy atom. The van der Waals surface area contributed by atoms with E-state index in [1.54, 1.807) is 24.3 Å². The van der Waals surface area contributed by atoms with E-state index in [9.17, 15) is 32.3 Å². The summed E-state index contributed by atoms with van der Waals surface area (Å²) in [6.45, 7) is -0.676. The Kier molecular flexibility index (Phi) is 8.11. The van der Waals surface area contributed by atoms with Crippen LogP contribution in [-0.2, 0) is 20.6 Å². The average molecular weight is 725 g/mol. The van der Waals surface area contributed by atoms with Crippen molar-refractivity contribution in [1.82, 2.24) is 4.98 Å². The number of hydrogen-bond acceptors (Lipinski definition) is 7. The highest BCUT2D eigenvalue weighted by atomic mass is 79.9. The molecule has 3 heterocycles. The Labute approximate surface area is 268 Å². The molecule has 3 unspecified atom stereocenters. The van der Waals surface area contributed by atoms with E-state index >= 15 is 0 Å². The first kappa shape index (κ1) is 30.4. The number of aromatic amines is 1. The number of alkyl halides is 3. The van der Waals surface area contributed by atoms with E-state index in [1.807, 2.05) is 0 Å². The third-order valence-corrected chi connectivity index (χ3v) is 10.2. The maximum absolute atomic E-state index is 14.0. The number of rotatable bonds is 6. The molecule has 226 valence electrons. The Morgan fingerprint density at radius 2 is 1.77 bits per heavy atom. The second-order valence-corrected chi connectivity index (χ2v) is 13.3. The van der Waals surface area contributed by atoms with E-state index < -0.39 is 58.8 Å². The van der Waals surface area contributed by atoms with Crippen molar-refractivity contribution in [2.24, 2.45) is 5.92 Å². The zero-order chi connectivity index (χ0) is 31.3. The number of carbonyl (C=O) groups excluding carboxylic acids is 3. The Bertz CT molecular complexity index is 1860. The fraction of sp³-hybridized carbons (Fsp3) is 0.172. The van der Waals surface area contributed by atoms with Crippen molar-refractivity contribution in [3.05, 3.63) is 102 Å². The van der Waals surface area contributed by atoms with Gasteiger partial charge in [0, 0.05) is 25.9 Å². The molecule has 1 aromatic heterocycles. The van der Waals surface area contributed by atoms with E-state index in [2.05, 4.69) is 26.2 Å². The van der Waals surface area contributed by atoms with Crippen LogP contribution in [0.5, 0.6) is 5.75 Å². The Morgan fingerprint density at radius 3 is 2.50 bits per heavy atom. The molecule has 0 bridgehead atoms. The van der Waals surface area contributed by atoms with E-state index in [0.29, 0.717) is 21.2 Å². The van der Waals surface area contributed by atoms with Crippen LogP contribution in [0.3, 0.4) is 0 Å². The van der Waals surface area contributed by atoms with Gasteiger partial charge in [0.2, 0.25) is 11.8 Å². The number of carbonyl (C=O) groups is 3. The number of anilines is 2. The van der Waals surface area contributed by atoms with Gasteiger partial charge in [-0.05, 0) is 54.6 Å². The number of nitrogens with one attached hydrogen (secondary N) is 2. The molecular weight excluding hydrogens is 707 g/mol. The molecule has 3 atom stereocenters. The topological polar surface area (TPSA) is 109 Å². The maximum atomic E-state index is 14.0. The van der Waals surface area contributed by atoms with Crippen molar-refractivity contribution in [1.29, 1.82) is 0 Å². The molecule has 1 fully saturated rings. The van der Waals surface area contributed by atoms with Gasteiger partial charge in [-0.1, -0.05) is 62.8 Å². The van der Waals surface area contributed by atoms with E-state index in [-0.39, 0.29) is 15.6 Å². The average Bonchev–Trinajstić information content (AvgIpc) is 3.46. The van der Waals surface area contributed by atoms with Crippen LogP contribution in [-0.4, -0.2) is 34.6 Å². The van der Waals surface area contributed by atoms with Gasteiger partial charge in [-0.3, -0.25) is 19.2 Å². The molecule has 2 N–H and O–H groups in total. The van der Waals surface area contributed by atoms with Crippen molar-refractivity contribution in [2.45, 2.75) is 22.4 Å². The number of aromatic nitrogens is 1. The second kappa shape index (κ2) is 11.7. The molecule has 1 saturated heterocycles. The van der Waals surface area contributed by atoms with Gasteiger partial charge in [-0.2, -0.15) is 13.2 Å². The molecule has 8 nitrogen and oxygen atoms in total. The van der Waals surface area contributed by atoms with Crippen LogP contribution >= 0.6 is 50.6 Å². The van der Waals surface area contributed by atoms with Crippen LogP contribution in [0.4, 0.5) is 24.5 Å². The fourth-order valence-electron chi connectivity index (χ4n) is 5.26. The summed E-state index contributed by atoms with van der Waals surface area (Å²) in [6, 6.07) is 15.7. The highest BCUT2D eigenvalue weighted by molar-refractivity contribution is 9.10. The smallest absolute Gasteiger partial charge is 0.418 e. The number of imide groups is 1. The monoisotopic (exact) mass is 723 g/mol. The predicted molar refractivity (Wildman–Crippen MR) is 164 cm³/mol. The van der Waals surface area contributed by atoms with Gasteiger partial charge >= 0.3 is 11.0 Å². The SMILES string of the molecule is O=C(COc1ccc(Cl)cc1C1c2sc(=O)[nH]c2SC2C(=O)N(c3ccc(Br)cc3)C(=O)C21)Nc1ccccc1C(F)(F)F. The second-order valence-electron chi connectivity index (χ2n) is 9.80. The van der Waals surface area contributed by atoms with Crippen molar-refractivity contribution >= 4 is 79.7 Å². The minimum Gasteiger partial charge on any atom is -0.483 e. The molecule has 0 saturated carbocycles. The first-order valence-electron chi connectivity index (χ1n) is 12.8. The molecule has 0 spiro atoms. The number of benzene rings is 3. The van der Waals surface area contributed by atoms with Crippen LogP contribution in [0.1, 0.15) is 21.9 Å². The zero-order valence-electron chi connectivity index (χ0n) is 22.0. The van der Waals surface area contributed by atoms with Crippen molar-refractivity contribution in [2.75, 3.05) is 16.8 Å². The summed E-state index contributed by atoms with van der Waals surface area (Å²) in [7, 11) is 0. The van der Waals surface area contributed by atoms with Crippen molar-refractivity contribution < 1.29 is 32.3 Å². The third-order valence-electron chi connectivity index (χ3n) is 7.08. The summed E-state index contributed by atoms with van der Waals surface area (Å²) in [5.74, 6) is -3.51.